The molecule has 0 saturated heterocycles. The number of rotatable bonds is 3. The molecule has 0 spiro atoms. The van der Waals surface area contributed by atoms with Gasteiger partial charge in [0.05, 0.1) is 6.04 Å². The van der Waals surface area contributed by atoms with Crippen molar-refractivity contribution in [1.29, 1.82) is 0 Å². The number of hydrogen-bond donors (Lipinski definition) is 1. The Morgan fingerprint density at radius 1 is 1.19 bits per heavy atom. The van der Waals surface area contributed by atoms with Gasteiger partial charge in [-0.25, -0.2) is 0 Å². The molecule has 0 radical (unpaired) electrons. The summed E-state index contributed by atoms with van der Waals surface area (Å²) in [4.78, 5) is 4.88. The van der Waals surface area contributed by atoms with E-state index in [1.54, 1.807) is 0 Å². The Bertz CT molecular complexity index is 485. The molecule has 21 heavy (non-hydrogen) atoms. The molecule has 1 aromatic carbocycles. The van der Waals surface area contributed by atoms with Crippen molar-refractivity contribution in [2.45, 2.75) is 58.0 Å². The molecular formula is C18H26N2S. The summed E-state index contributed by atoms with van der Waals surface area (Å²) in [6.45, 7) is 4.78. The van der Waals surface area contributed by atoms with E-state index in [9.17, 15) is 0 Å². The van der Waals surface area contributed by atoms with Gasteiger partial charge in [0.1, 0.15) is 0 Å². The molecule has 3 heteroatoms. The zero-order valence-corrected chi connectivity index (χ0v) is 14.0. The molecule has 0 aromatic heterocycles. The lowest BCUT2D eigenvalue weighted by Gasteiger charge is -2.34. The predicted octanol–water partition coefficient (Wildman–Crippen LogP) is 4.26. The summed E-state index contributed by atoms with van der Waals surface area (Å²) in [6.07, 6.45) is 6.30. The molecule has 1 unspecified atom stereocenters. The van der Waals surface area contributed by atoms with Crippen LogP contribution in [0.15, 0.2) is 35.3 Å². The summed E-state index contributed by atoms with van der Waals surface area (Å²) in [6, 6.07) is 11.8. The molecular weight excluding hydrogens is 276 g/mol. The number of benzene rings is 1. The first-order chi connectivity index (χ1) is 10.1. The van der Waals surface area contributed by atoms with Gasteiger partial charge in [0.25, 0.3) is 0 Å². The fraction of sp³-hybridized carbons (Fsp3) is 0.611. The van der Waals surface area contributed by atoms with Gasteiger partial charge in [0.15, 0.2) is 5.17 Å². The molecule has 1 N–H and O–H groups in total. The number of hydrogen-bond acceptors (Lipinski definition) is 3. The quantitative estimate of drug-likeness (QED) is 0.902. The third kappa shape index (κ3) is 4.26. The van der Waals surface area contributed by atoms with Crippen molar-refractivity contribution in [3.63, 3.8) is 0 Å². The van der Waals surface area contributed by atoms with Crippen LogP contribution in [0.5, 0.6) is 0 Å². The second-order valence-electron chi connectivity index (χ2n) is 7.17. The number of thioether (sulfide) groups is 1. The Morgan fingerprint density at radius 2 is 1.90 bits per heavy atom. The monoisotopic (exact) mass is 302 g/mol. The normalized spacial score (nSPS) is 25.6. The maximum Gasteiger partial charge on any atom is 0.157 e. The van der Waals surface area contributed by atoms with Crippen LogP contribution in [0, 0.1) is 5.41 Å². The van der Waals surface area contributed by atoms with Crippen LogP contribution in [0.2, 0.25) is 0 Å². The highest BCUT2D eigenvalue weighted by Gasteiger charge is 2.28. The lowest BCUT2D eigenvalue weighted by Crippen LogP contribution is -2.37. The number of amidine groups is 1. The van der Waals surface area contributed by atoms with E-state index < -0.39 is 0 Å². The van der Waals surface area contributed by atoms with Crippen LogP contribution in [0.4, 0.5) is 0 Å². The third-order valence-corrected chi connectivity index (χ3v) is 5.74. The van der Waals surface area contributed by atoms with Gasteiger partial charge in [-0.05, 0) is 43.1 Å². The summed E-state index contributed by atoms with van der Waals surface area (Å²) in [5.41, 5.74) is 1.94. The Balaban J connectivity index is 1.50. The second kappa shape index (κ2) is 6.43. The first-order valence-corrected chi connectivity index (χ1v) is 9.10. The fourth-order valence-corrected chi connectivity index (χ4v) is 4.22. The molecule has 3 rings (SSSR count). The van der Waals surface area contributed by atoms with E-state index in [0.717, 1.165) is 12.2 Å². The molecule has 1 saturated carbocycles. The van der Waals surface area contributed by atoms with E-state index in [0.29, 0.717) is 17.5 Å². The van der Waals surface area contributed by atoms with Crippen LogP contribution in [-0.4, -0.2) is 23.0 Å². The third-order valence-electron chi connectivity index (χ3n) is 4.69. The maximum atomic E-state index is 4.88. The van der Waals surface area contributed by atoms with Crippen molar-refractivity contribution < 1.29 is 0 Å². The molecule has 114 valence electrons. The molecule has 1 atom stereocenters. The highest BCUT2D eigenvalue weighted by Crippen LogP contribution is 2.35. The average molecular weight is 302 g/mol. The van der Waals surface area contributed by atoms with E-state index in [4.69, 9.17) is 4.99 Å². The SMILES string of the molecule is CC1(C)CCC(NC2=NC(Cc3ccccc3)CS2)CC1. The molecule has 1 aliphatic heterocycles. The van der Waals surface area contributed by atoms with Crippen molar-refractivity contribution in [3.8, 4) is 0 Å². The first kappa shape index (κ1) is 15.0. The molecule has 1 heterocycles. The van der Waals surface area contributed by atoms with Crippen molar-refractivity contribution in [1.82, 2.24) is 5.32 Å². The van der Waals surface area contributed by atoms with Gasteiger partial charge in [-0.2, -0.15) is 0 Å². The van der Waals surface area contributed by atoms with Crippen LogP contribution in [-0.2, 0) is 6.42 Å². The molecule has 1 fully saturated rings. The van der Waals surface area contributed by atoms with Crippen molar-refractivity contribution in [2.24, 2.45) is 10.4 Å². The molecule has 0 bridgehead atoms. The summed E-state index contributed by atoms with van der Waals surface area (Å²) in [5, 5.41) is 4.87. The van der Waals surface area contributed by atoms with Crippen LogP contribution in [0.3, 0.4) is 0 Å². The van der Waals surface area contributed by atoms with Gasteiger partial charge in [-0.3, -0.25) is 4.99 Å². The topological polar surface area (TPSA) is 24.4 Å². The minimum atomic E-state index is 0.444. The second-order valence-corrected chi connectivity index (χ2v) is 8.18. The predicted molar refractivity (Wildman–Crippen MR) is 93.0 cm³/mol. The van der Waals surface area contributed by atoms with E-state index in [1.807, 2.05) is 11.8 Å². The summed E-state index contributed by atoms with van der Waals surface area (Å²) in [7, 11) is 0. The zero-order chi connectivity index (χ0) is 14.7. The highest BCUT2D eigenvalue weighted by atomic mass is 32.2. The molecule has 2 aliphatic rings. The molecule has 2 nitrogen and oxygen atoms in total. The van der Waals surface area contributed by atoms with Gasteiger partial charge in [0, 0.05) is 11.8 Å². The van der Waals surface area contributed by atoms with Gasteiger partial charge in [0.2, 0.25) is 0 Å². The van der Waals surface area contributed by atoms with Crippen LogP contribution >= 0.6 is 11.8 Å². The van der Waals surface area contributed by atoms with Gasteiger partial charge < -0.3 is 5.32 Å². The summed E-state index contributed by atoms with van der Waals surface area (Å²) < 4.78 is 0. The largest absolute Gasteiger partial charge is 0.362 e. The van der Waals surface area contributed by atoms with Crippen molar-refractivity contribution in [2.75, 3.05) is 5.75 Å². The van der Waals surface area contributed by atoms with Crippen LogP contribution in [0.25, 0.3) is 0 Å². The fourth-order valence-electron chi connectivity index (χ4n) is 3.20. The molecule has 0 amide bonds. The number of nitrogens with zero attached hydrogens (tertiary/aromatic N) is 1. The van der Waals surface area contributed by atoms with Crippen molar-refractivity contribution in [3.05, 3.63) is 35.9 Å². The van der Waals surface area contributed by atoms with E-state index in [-0.39, 0.29) is 0 Å². The standard InChI is InChI=1S/C18H26N2S/c1-18(2)10-8-15(9-11-18)19-17-20-16(13-21-17)12-14-6-4-3-5-7-14/h3-7,15-16H,8-13H2,1-2H3,(H,19,20). The maximum absolute atomic E-state index is 4.88. The average Bonchev–Trinajstić information content (AvgIpc) is 2.90. The smallest absolute Gasteiger partial charge is 0.157 e. The summed E-state index contributed by atoms with van der Waals surface area (Å²) >= 11 is 1.90. The lowest BCUT2D eigenvalue weighted by molar-refractivity contribution is 0.217. The minimum absolute atomic E-state index is 0.444. The van der Waals surface area contributed by atoms with Crippen LogP contribution in [0.1, 0.15) is 45.1 Å². The lowest BCUT2D eigenvalue weighted by atomic mass is 9.76. The molecule has 1 aliphatic carbocycles. The van der Waals surface area contributed by atoms with Gasteiger partial charge in [-0.1, -0.05) is 55.9 Å². The Kier molecular flexibility index (Phi) is 4.58. The summed E-state index contributed by atoms with van der Waals surface area (Å²) in [5.74, 6) is 1.12. The highest BCUT2D eigenvalue weighted by molar-refractivity contribution is 8.14. The Hall–Kier alpha value is -0.960. The molecule has 1 aromatic rings. The zero-order valence-electron chi connectivity index (χ0n) is 13.1. The Labute approximate surface area is 132 Å². The van der Waals surface area contributed by atoms with E-state index >= 15 is 0 Å². The Morgan fingerprint density at radius 3 is 2.62 bits per heavy atom. The van der Waals surface area contributed by atoms with E-state index in [1.165, 1.54) is 36.4 Å². The number of aliphatic imine (C=N–C) groups is 1. The van der Waals surface area contributed by atoms with Gasteiger partial charge in [-0.15, -0.1) is 0 Å². The minimum Gasteiger partial charge on any atom is -0.362 e. The number of nitrogens with one attached hydrogen (secondary N) is 1. The van der Waals surface area contributed by atoms with Gasteiger partial charge >= 0.3 is 0 Å². The first-order valence-electron chi connectivity index (χ1n) is 8.12. The van der Waals surface area contributed by atoms with Crippen LogP contribution < -0.4 is 5.32 Å². The van der Waals surface area contributed by atoms with E-state index in [2.05, 4.69) is 49.5 Å². The van der Waals surface area contributed by atoms with Crippen molar-refractivity contribution >= 4 is 16.9 Å².